The summed E-state index contributed by atoms with van der Waals surface area (Å²) in [4.78, 5) is 0. The molecule has 0 saturated carbocycles. The molecule has 0 aromatic carbocycles. The van der Waals surface area contributed by atoms with Crippen molar-refractivity contribution in [1.82, 2.24) is 5.32 Å². The Morgan fingerprint density at radius 1 is 1.56 bits per heavy atom. The molecule has 1 unspecified atom stereocenters. The van der Waals surface area contributed by atoms with Crippen LogP contribution in [-0.4, -0.2) is 12.6 Å². The van der Waals surface area contributed by atoms with E-state index in [0.29, 0.717) is 0 Å². The highest BCUT2D eigenvalue weighted by Crippen LogP contribution is 2.09. The Hall–Kier alpha value is -0.300. The molecule has 0 amide bonds. The second-order valence-corrected chi connectivity index (χ2v) is 2.54. The van der Waals surface area contributed by atoms with Gasteiger partial charge in [0.05, 0.1) is 0 Å². The zero-order valence-corrected chi connectivity index (χ0v) is 6.06. The normalized spacial score (nSPS) is 26.6. The lowest BCUT2D eigenvalue weighted by Gasteiger charge is -2.17. The highest BCUT2D eigenvalue weighted by Gasteiger charge is 2.05. The summed E-state index contributed by atoms with van der Waals surface area (Å²) in [6.45, 7) is 3.27. The summed E-state index contributed by atoms with van der Waals surface area (Å²) in [7, 11) is 0. The lowest BCUT2D eigenvalue weighted by Crippen LogP contribution is -2.29. The van der Waals surface area contributed by atoms with E-state index >= 15 is 0 Å². The van der Waals surface area contributed by atoms with Gasteiger partial charge < -0.3 is 5.32 Å². The lowest BCUT2D eigenvalue weighted by molar-refractivity contribution is 0.488. The number of allylic oxidation sites excluding steroid dienone is 1. The third-order valence-corrected chi connectivity index (χ3v) is 1.76. The van der Waals surface area contributed by atoms with Crippen LogP contribution in [0.5, 0.6) is 0 Å². The van der Waals surface area contributed by atoms with Gasteiger partial charge in [0.2, 0.25) is 0 Å². The molecule has 1 N–H and O–H groups in total. The minimum atomic E-state index is 0.764. The van der Waals surface area contributed by atoms with Crippen molar-refractivity contribution in [2.24, 2.45) is 0 Å². The molecule has 1 heteroatoms. The zero-order valence-electron chi connectivity index (χ0n) is 6.06. The van der Waals surface area contributed by atoms with Gasteiger partial charge in [-0.15, -0.1) is 0 Å². The van der Waals surface area contributed by atoms with E-state index in [1.807, 2.05) is 0 Å². The van der Waals surface area contributed by atoms with Crippen LogP contribution in [0.25, 0.3) is 0 Å². The highest BCUT2D eigenvalue weighted by atomic mass is 14.9. The third kappa shape index (κ3) is 2.19. The van der Waals surface area contributed by atoms with Gasteiger partial charge in [-0.25, -0.2) is 0 Å². The predicted molar refractivity (Wildman–Crippen MR) is 40.5 cm³/mol. The van der Waals surface area contributed by atoms with Crippen LogP contribution >= 0.6 is 0 Å². The molecule has 0 saturated heterocycles. The van der Waals surface area contributed by atoms with Gasteiger partial charge in [0.1, 0.15) is 0 Å². The number of rotatable bonds is 2. The summed E-state index contributed by atoms with van der Waals surface area (Å²) in [6.07, 6.45) is 8.36. The number of hydrogen-bond acceptors (Lipinski definition) is 1. The van der Waals surface area contributed by atoms with E-state index in [4.69, 9.17) is 0 Å². The Kier molecular flexibility index (Phi) is 2.78. The Morgan fingerprint density at radius 3 is 3.00 bits per heavy atom. The molecule has 1 aliphatic rings. The molecular formula is C8H15N. The van der Waals surface area contributed by atoms with Gasteiger partial charge in [0.25, 0.3) is 0 Å². The van der Waals surface area contributed by atoms with Crippen LogP contribution in [0.2, 0.25) is 0 Å². The molecule has 0 fully saturated rings. The maximum absolute atomic E-state index is 3.43. The lowest BCUT2D eigenvalue weighted by atomic mass is 10.0. The van der Waals surface area contributed by atoms with Crippen molar-refractivity contribution < 1.29 is 0 Å². The summed E-state index contributed by atoms with van der Waals surface area (Å²) in [5, 5.41) is 3.43. The monoisotopic (exact) mass is 125 g/mol. The Labute approximate surface area is 57.1 Å². The van der Waals surface area contributed by atoms with Crippen molar-refractivity contribution in [2.45, 2.75) is 32.2 Å². The first-order chi connectivity index (χ1) is 4.43. The van der Waals surface area contributed by atoms with E-state index in [-0.39, 0.29) is 0 Å². The van der Waals surface area contributed by atoms with E-state index in [9.17, 15) is 0 Å². The zero-order chi connectivity index (χ0) is 6.53. The van der Waals surface area contributed by atoms with E-state index in [1.54, 1.807) is 0 Å². The first kappa shape index (κ1) is 6.81. The molecule has 0 radical (unpaired) electrons. The van der Waals surface area contributed by atoms with Crippen molar-refractivity contribution in [1.29, 1.82) is 0 Å². The van der Waals surface area contributed by atoms with Crippen molar-refractivity contribution >= 4 is 0 Å². The molecule has 1 atom stereocenters. The van der Waals surface area contributed by atoms with Gasteiger partial charge in [-0.2, -0.15) is 0 Å². The molecule has 0 aliphatic heterocycles. The molecule has 0 aromatic rings. The van der Waals surface area contributed by atoms with Crippen LogP contribution in [0.3, 0.4) is 0 Å². The molecule has 0 bridgehead atoms. The highest BCUT2D eigenvalue weighted by molar-refractivity contribution is 4.92. The van der Waals surface area contributed by atoms with Crippen LogP contribution in [0, 0.1) is 0 Å². The van der Waals surface area contributed by atoms with E-state index < -0.39 is 0 Å². The molecule has 1 nitrogen and oxygen atoms in total. The van der Waals surface area contributed by atoms with Crippen molar-refractivity contribution in [3.05, 3.63) is 12.2 Å². The maximum atomic E-state index is 3.43. The summed E-state index contributed by atoms with van der Waals surface area (Å²) in [5.74, 6) is 0. The summed E-state index contributed by atoms with van der Waals surface area (Å²) in [6, 6.07) is 0.764. The predicted octanol–water partition coefficient (Wildman–Crippen LogP) is 1.70. The average Bonchev–Trinajstić information content (AvgIpc) is 1.91. The molecule has 0 heterocycles. The quantitative estimate of drug-likeness (QED) is 0.554. The molecule has 1 aliphatic carbocycles. The van der Waals surface area contributed by atoms with Gasteiger partial charge in [-0.1, -0.05) is 19.1 Å². The summed E-state index contributed by atoms with van der Waals surface area (Å²) >= 11 is 0. The second kappa shape index (κ2) is 3.67. The van der Waals surface area contributed by atoms with E-state index in [2.05, 4.69) is 24.4 Å². The van der Waals surface area contributed by atoms with Crippen LogP contribution in [0.15, 0.2) is 12.2 Å². The Bertz CT molecular complexity index is 96.7. The van der Waals surface area contributed by atoms with Crippen molar-refractivity contribution in [3.8, 4) is 0 Å². The minimum absolute atomic E-state index is 0.764. The summed E-state index contributed by atoms with van der Waals surface area (Å²) < 4.78 is 0. The fourth-order valence-electron chi connectivity index (χ4n) is 1.27. The molecule has 52 valence electrons. The van der Waals surface area contributed by atoms with Gasteiger partial charge in [0.15, 0.2) is 0 Å². The Morgan fingerprint density at radius 2 is 2.44 bits per heavy atom. The first-order valence-electron chi connectivity index (χ1n) is 3.82. The van der Waals surface area contributed by atoms with Crippen LogP contribution < -0.4 is 5.32 Å². The summed E-state index contributed by atoms with van der Waals surface area (Å²) in [5.41, 5.74) is 0. The fraction of sp³-hybridized carbons (Fsp3) is 0.750. The largest absolute Gasteiger partial charge is 0.314 e. The SMILES string of the molecule is CCNC1CC=CCC1. The molecular weight excluding hydrogens is 110 g/mol. The van der Waals surface area contributed by atoms with Gasteiger partial charge in [0, 0.05) is 6.04 Å². The van der Waals surface area contributed by atoms with Crippen molar-refractivity contribution in [3.63, 3.8) is 0 Å². The topological polar surface area (TPSA) is 12.0 Å². The maximum Gasteiger partial charge on any atom is 0.0104 e. The van der Waals surface area contributed by atoms with Crippen LogP contribution in [0.4, 0.5) is 0 Å². The second-order valence-electron chi connectivity index (χ2n) is 2.54. The number of hydrogen-bond donors (Lipinski definition) is 1. The van der Waals surface area contributed by atoms with Crippen LogP contribution in [-0.2, 0) is 0 Å². The number of nitrogens with one attached hydrogen (secondary N) is 1. The molecule has 9 heavy (non-hydrogen) atoms. The minimum Gasteiger partial charge on any atom is -0.314 e. The smallest absolute Gasteiger partial charge is 0.0104 e. The Balaban J connectivity index is 2.18. The fourth-order valence-corrected chi connectivity index (χ4v) is 1.27. The van der Waals surface area contributed by atoms with Crippen LogP contribution in [0.1, 0.15) is 26.2 Å². The average molecular weight is 125 g/mol. The van der Waals surface area contributed by atoms with E-state index in [1.165, 1.54) is 19.3 Å². The molecule has 0 aromatic heterocycles. The van der Waals surface area contributed by atoms with Gasteiger partial charge in [-0.05, 0) is 25.8 Å². The first-order valence-corrected chi connectivity index (χ1v) is 3.82. The van der Waals surface area contributed by atoms with Gasteiger partial charge in [-0.3, -0.25) is 0 Å². The van der Waals surface area contributed by atoms with E-state index in [0.717, 1.165) is 12.6 Å². The third-order valence-electron chi connectivity index (χ3n) is 1.76. The molecule has 1 rings (SSSR count). The molecule has 0 spiro atoms. The van der Waals surface area contributed by atoms with Crippen molar-refractivity contribution in [2.75, 3.05) is 6.54 Å². The van der Waals surface area contributed by atoms with Gasteiger partial charge >= 0.3 is 0 Å². The standard InChI is InChI=1S/C8H15N/c1-2-9-8-6-4-3-5-7-8/h3-4,8-9H,2,5-7H2,1H3.